The normalized spacial score (nSPS) is 16.4. The molecule has 0 bridgehead atoms. The van der Waals surface area contributed by atoms with Crippen LogP contribution in [0.4, 0.5) is 5.69 Å². The molecule has 0 radical (unpaired) electrons. The summed E-state index contributed by atoms with van der Waals surface area (Å²) in [5, 5.41) is 7.00. The minimum absolute atomic E-state index is 0.0236. The molecule has 3 heterocycles. The second-order valence-corrected chi connectivity index (χ2v) is 7.95. The number of anilines is 1. The maximum absolute atomic E-state index is 12.8. The van der Waals surface area contributed by atoms with Gasteiger partial charge < -0.3 is 19.5 Å². The number of aromatic nitrogens is 3. The van der Waals surface area contributed by atoms with Crippen LogP contribution in [0.2, 0.25) is 0 Å². The molecule has 2 atom stereocenters. The minimum Gasteiger partial charge on any atom is -0.479 e. The average molecular weight is 435 g/mol. The van der Waals surface area contributed by atoms with Gasteiger partial charge in [0, 0.05) is 30.9 Å². The van der Waals surface area contributed by atoms with Crippen molar-refractivity contribution in [2.24, 2.45) is 5.92 Å². The quantitative estimate of drug-likeness (QED) is 0.607. The van der Waals surface area contributed by atoms with E-state index in [4.69, 9.17) is 9.26 Å². The fourth-order valence-electron chi connectivity index (χ4n) is 3.54. The van der Waals surface area contributed by atoms with Crippen molar-refractivity contribution >= 4 is 17.5 Å². The summed E-state index contributed by atoms with van der Waals surface area (Å²) in [5.41, 5.74) is 1.45. The summed E-state index contributed by atoms with van der Waals surface area (Å²) in [6.07, 6.45) is 2.83. The number of nitrogens with zero attached hydrogens (tertiary/aromatic N) is 4. The highest BCUT2D eigenvalue weighted by Gasteiger charge is 2.32. The molecule has 1 aromatic carbocycles. The molecule has 0 saturated heterocycles. The Balaban J connectivity index is 1.43. The molecule has 4 rings (SSSR count). The zero-order valence-corrected chi connectivity index (χ0v) is 18.2. The van der Waals surface area contributed by atoms with Crippen molar-refractivity contribution in [3.05, 3.63) is 54.7 Å². The van der Waals surface area contributed by atoms with Gasteiger partial charge in [-0.3, -0.25) is 14.6 Å². The zero-order chi connectivity index (χ0) is 22.7. The van der Waals surface area contributed by atoms with Gasteiger partial charge in [-0.05, 0) is 37.1 Å². The van der Waals surface area contributed by atoms with Crippen molar-refractivity contribution in [1.82, 2.24) is 20.4 Å². The highest BCUT2D eigenvalue weighted by molar-refractivity contribution is 6.00. The number of pyridine rings is 1. The Bertz CT molecular complexity index is 1100. The van der Waals surface area contributed by atoms with Crippen molar-refractivity contribution in [1.29, 1.82) is 0 Å². The minimum atomic E-state index is -0.596. The SMILES string of the molecule is CC(C)[C@H](NC(=O)CCN1C(=O)[C@@H](C)Oc2ccccc21)c1nc(-c2ccncc2)no1. The molecule has 0 unspecified atom stereocenters. The molecule has 1 N–H and O–H groups in total. The Morgan fingerprint density at radius 2 is 1.94 bits per heavy atom. The Morgan fingerprint density at radius 3 is 2.69 bits per heavy atom. The Hall–Kier alpha value is -3.75. The number of rotatable bonds is 7. The molecular weight excluding hydrogens is 410 g/mol. The van der Waals surface area contributed by atoms with Crippen LogP contribution in [0.1, 0.15) is 39.1 Å². The molecule has 0 spiro atoms. The van der Waals surface area contributed by atoms with Crippen LogP contribution in [0.3, 0.4) is 0 Å². The molecule has 2 amide bonds. The van der Waals surface area contributed by atoms with Gasteiger partial charge in [-0.2, -0.15) is 4.98 Å². The molecule has 1 aliphatic heterocycles. The molecule has 0 saturated carbocycles. The first kappa shape index (κ1) is 21.5. The van der Waals surface area contributed by atoms with Crippen LogP contribution in [0.15, 0.2) is 53.3 Å². The highest BCUT2D eigenvalue weighted by Crippen LogP contribution is 2.33. The first-order chi connectivity index (χ1) is 15.4. The van der Waals surface area contributed by atoms with Crippen molar-refractivity contribution < 1.29 is 18.8 Å². The smallest absolute Gasteiger partial charge is 0.267 e. The molecule has 9 nitrogen and oxygen atoms in total. The maximum atomic E-state index is 12.8. The molecule has 0 aliphatic carbocycles. The number of para-hydroxylation sites is 2. The van der Waals surface area contributed by atoms with Crippen LogP contribution in [0, 0.1) is 5.92 Å². The van der Waals surface area contributed by atoms with E-state index in [1.54, 1.807) is 36.4 Å². The predicted molar refractivity (Wildman–Crippen MR) is 117 cm³/mol. The van der Waals surface area contributed by atoms with Gasteiger partial charge in [0.2, 0.25) is 17.6 Å². The summed E-state index contributed by atoms with van der Waals surface area (Å²) in [6, 6.07) is 10.4. The molecule has 1 aliphatic rings. The number of fused-ring (bicyclic) bond motifs is 1. The summed E-state index contributed by atoms with van der Waals surface area (Å²) in [7, 11) is 0. The van der Waals surface area contributed by atoms with Crippen LogP contribution in [-0.2, 0) is 9.59 Å². The largest absolute Gasteiger partial charge is 0.479 e. The van der Waals surface area contributed by atoms with E-state index in [9.17, 15) is 9.59 Å². The molecule has 9 heteroatoms. The summed E-state index contributed by atoms with van der Waals surface area (Å²) >= 11 is 0. The lowest BCUT2D eigenvalue weighted by molar-refractivity contribution is -0.125. The van der Waals surface area contributed by atoms with Crippen molar-refractivity contribution in [2.45, 2.75) is 39.3 Å². The molecule has 32 heavy (non-hydrogen) atoms. The van der Waals surface area contributed by atoms with Gasteiger partial charge in [0.05, 0.1) is 5.69 Å². The maximum Gasteiger partial charge on any atom is 0.267 e. The van der Waals surface area contributed by atoms with E-state index in [0.29, 0.717) is 23.2 Å². The number of hydrogen-bond acceptors (Lipinski definition) is 7. The van der Waals surface area contributed by atoms with E-state index in [1.807, 2.05) is 38.1 Å². The zero-order valence-electron chi connectivity index (χ0n) is 18.2. The Morgan fingerprint density at radius 1 is 1.19 bits per heavy atom. The van der Waals surface area contributed by atoms with E-state index in [2.05, 4.69) is 20.4 Å². The fourth-order valence-corrected chi connectivity index (χ4v) is 3.54. The van der Waals surface area contributed by atoms with Crippen LogP contribution in [0.5, 0.6) is 5.75 Å². The second-order valence-electron chi connectivity index (χ2n) is 7.95. The van der Waals surface area contributed by atoms with E-state index in [-0.39, 0.29) is 30.7 Å². The van der Waals surface area contributed by atoms with Crippen LogP contribution < -0.4 is 15.0 Å². The van der Waals surface area contributed by atoms with Crippen molar-refractivity contribution in [2.75, 3.05) is 11.4 Å². The van der Waals surface area contributed by atoms with E-state index in [0.717, 1.165) is 5.56 Å². The van der Waals surface area contributed by atoms with Crippen LogP contribution >= 0.6 is 0 Å². The molecular formula is C23H25N5O4. The summed E-state index contributed by atoms with van der Waals surface area (Å²) in [6.45, 7) is 5.87. The number of carbonyl (C=O) groups excluding carboxylic acids is 2. The topological polar surface area (TPSA) is 110 Å². The number of nitrogens with one attached hydrogen (secondary N) is 1. The molecule has 3 aromatic rings. The molecule has 0 fully saturated rings. The standard InChI is InChI=1S/C23H25N5O4/c1-14(2)20(22-26-21(27-32-22)16-8-11-24-12-9-16)25-19(29)10-13-28-17-6-4-5-7-18(17)31-15(3)23(28)30/h4-9,11-12,14-15,20H,10,13H2,1-3H3,(H,25,29)/t15-,20+/m1/s1. The summed E-state index contributed by atoms with van der Waals surface area (Å²) < 4.78 is 11.1. The second kappa shape index (κ2) is 9.17. The first-order valence-electron chi connectivity index (χ1n) is 10.5. The van der Waals surface area contributed by atoms with E-state index < -0.39 is 12.1 Å². The van der Waals surface area contributed by atoms with Gasteiger partial charge in [-0.15, -0.1) is 0 Å². The fraction of sp³-hybridized carbons (Fsp3) is 0.348. The van der Waals surface area contributed by atoms with Gasteiger partial charge in [-0.1, -0.05) is 31.1 Å². The number of carbonyl (C=O) groups is 2. The Labute approximate surface area is 185 Å². The van der Waals surface area contributed by atoms with Gasteiger partial charge in [-0.25, -0.2) is 0 Å². The van der Waals surface area contributed by atoms with E-state index >= 15 is 0 Å². The highest BCUT2D eigenvalue weighted by atomic mass is 16.5. The summed E-state index contributed by atoms with van der Waals surface area (Å²) in [5.74, 6) is 1.05. The lowest BCUT2D eigenvalue weighted by Gasteiger charge is -2.33. The van der Waals surface area contributed by atoms with Crippen LogP contribution in [-0.4, -0.2) is 39.6 Å². The van der Waals surface area contributed by atoms with Crippen molar-refractivity contribution in [3.63, 3.8) is 0 Å². The lowest BCUT2D eigenvalue weighted by atomic mass is 10.0. The monoisotopic (exact) mass is 435 g/mol. The van der Waals surface area contributed by atoms with Crippen molar-refractivity contribution in [3.8, 4) is 17.1 Å². The third-order valence-electron chi connectivity index (χ3n) is 5.27. The molecule has 166 valence electrons. The summed E-state index contributed by atoms with van der Waals surface area (Å²) in [4.78, 5) is 35.4. The van der Waals surface area contributed by atoms with Gasteiger partial charge in [0.15, 0.2) is 6.10 Å². The third kappa shape index (κ3) is 4.46. The Kier molecular flexibility index (Phi) is 6.16. The third-order valence-corrected chi connectivity index (χ3v) is 5.27. The predicted octanol–water partition coefficient (Wildman–Crippen LogP) is 3.15. The number of ether oxygens (including phenoxy) is 1. The average Bonchev–Trinajstić information content (AvgIpc) is 3.28. The lowest BCUT2D eigenvalue weighted by Crippen LogP contribution is -2.46. The van der Waals surface area contributed by atoms with Gasteiger partial charge in [0.25, 0.3) is 5.91 Å². The van der Waals surface area contributed by atoms with Crippen LogP contribution in [0.25, 0.3) is 11.4 Å². The van der Waals surface area contributed by atoms with Gasteiger partial charge >= 0.3 is 0 Å². The number of amides is 2. The first-order valence-corrected chi connectivity index (χ1v) is 10.5. The number of hydrogen-bond donors (Lipinski definition) is 1. The van der Waals surface area contributed by atoms with E-state index in [1.165, 1.54) is 0 Å². The molecule has 2 aromatic heterocycles. The van der Waals surface area contributed by atoms with Gasteiger partial charge in [0.1, 0.15) is 11.8 Å². The number of benzene rings is 1.